The molecule has 5 heteroatoms. The molecule has 0 saturated carbocycles. The molecule has 0 unspecified atom stereocenters. The van der Waals surface area contributed by atoms with Crippen LogP contribution < -0.4 is 0 Å². The van der Waals surface area contributed by atoms with E-state index in [2.05, 4.69) is 40.3 Å². The van der Waals surface area contributed by atoms with E-state index in [1.165, 1.54) is 12.1 Å². The van der Waals surface area contributed by atoms with Crippen molar-refractivity contribution in [3.05, 3.63) is 139 Å². The van der Waals surface area contributed by atoms with Crippen LogP contribution in [0.25, 0.3) is 66.8 Å². The third kappa shape index (κ3) is 4.48. The Labute approximate surface area is 229 Å². The molecule has 0 aliphatic carbocycles. The van der Waals surface area contributed by atoms with Crippen molar-refractivity contribution in [2.45, 2.75) is 0 Å². The van der Waals surface area contributed by atoms with E-state index in [0.29, 0.717) is 11.6 Å². The minimum absolute atomic E-state index is 0.199. The zero-order chi connectivity index (χ0) is 27.1. The van der Waals surface area contributed by atoms with Crippen LogP contribution in [0.4, 0.5) is 8.78 Å². The van der Waals surface area contributed by atoms with Crippen LogP contribution in [0.3, 0.4) is 0 Å². The van der Waals surface area contributed by atoms with Crippen molar-refractivity contribution in [1.29, 1.82) is 0 Å². The maximum atomic E-state index is 14.2. The first kappa shape index (κ1) is 23.8. The predicted octanol–water partition coefficient (Wildman–Crippen LogP) is 9.12. The lowest BCUT2D eigenvalue weighted by molar-refractivity contribution is 0.584. The summed E-state index contributed by atoms with van der Waals surface area (Å²) in [4.78, 5) is 14.2. The van der Waals surface area contributed by atoms with Crippen LogP contribution in [-0.2, 0) is 0 Å². The molecule has 6 aromatic carbocycles. The molecule has 0 aliphatic heterocycles. The smallest absolute Gasteiger partial charge is 0.164 e. The number of halogens is 2. The average molecular weight is 522 g/mol. The molecule has 0 spiro atoms. The zero-order valence-electron chi connectivity index (χ0n) is 21.2. The maximum absolute atomic E-state index is 14.2. The van der Waals surface area contributed by atoms with Crippen LogP contribution in [0.1, 0.15) is 0 Å². The van der Waals surface area contributed by atoms with E-state index in [0.717, 1.165) is 49.9 Å². The van der Waals surface area contributed by atoms with Crippen LogP contribution in [0, 0.1) is 11.6 Å². The van der Waals surface area contributed by atoms with Gasteiger partial charge in [-0.25, -0.2) is 23.7 Å². The summed E-state index contributed by atoms with van der Waals surface area (Å²) in [7, 11) is 0. The molecule has 0 bridgehead atoms. The molecule has 0 atom stereocenters. The summed E-state index contributed by atoms with van der Waals surface area (Å²) in [6.45, 7) is 0. The van der Waals surface area contributed by atoms with Crippen LogP contribution in [0.15, 0.2) is 127 Å². The maximum Gasteiger partial charge on any atom is 0.164 e. The summed E-state index contributed by atoms with van der Waals surface area (Å²) >= 11 is 0. The molecule has 7 rings (SSSR count). The van der Waals surface area contributed by atoms with Gasteiger partial charge < -0.3 is 0 Å². The van der Waals surface area contributed by atoms with Crippen molar-refractivity contribution >= 4 is 21.5 Å². The molecule has 7 aromatic rings. The highest BCUT2D eigenvalue weighted by Gasteiger charge is 2.15. The Kier molecular flexibility index (Phi) is 5.82. The van der Waals surface area contributed by atoms with Gasteiger partial charge in [0.2, 0.25) is 0 Å². The van der Waals surface area contributed by atoms with Crippen molar-refractivity contribution in [2.24, 2.45) is 0 Å². The molecule has 0 saturated heterocycles. The van der Waals surface area contributed by atoms with Gasteiger partial charge in [0, 0.05) is 22.8 Å². The van der Waals surface area contributed by atoms with Crippen LogP contribution in [-0.4, -0.2) is 15.0 Å². The molecule has 1 aromatic heterocycles. The fourth-order valence-electron chi connectivity index (χ4n) is 5.07. The van der Waals surface area contributed by atoms with Crippen molar-refractivity contribution in [1.82, 2.24) is 15.0 Å². The Balaban J connectivity index is 1.41. The van der Waals surface area contributed by atoms with Crippen LogP contribution >= 0.6 is 0 Å². The lowest BCUT2D eigenvalue weighted by Crippen LogP contribution is -2.01. The Bertz CT molecular complexity index is 2020. The predicted molar refractivity (Wildman–Crippen MR) is 156 cm³/mol. The number of rotatable bonds is 4. The second-order valence-corrected chi connectivity index (χ2v) is 9.63. The van der Waals surface area contributed by atoms with Crippen molar-refractivity contribution in [3.63, 3.8) is 0 Å². The Morgan fingerprint density at radius 1 is 0.375 bits per heavy atom. The highest BCUT2D eigenvalue weighted by Crippen LogP contribution is 2.32. The number of fused-ring (bicyclic) bond motifs is 2. The molecule has 0 fully saturated rings. The van der Waals surface area contributed by atoms with E-state index in [9.17, 15) is 8.78 Å². The summed E-state index contributed by atoms with van der Waals surface area (Å²) < 4.78 is 28.4. The van der Waals surface area contributed by atoms with Gasteiger partial charge in [0.15, 0.2) is 17.5 Å². The van der Waals surface area contributed by atoms with E-state index in [1.54, 1.807) is 0 Å². The van der Waals surface area contributed by atoms with Gasteiger partial charge in [-0.05, 0) is 56.9 Å². The molecule has 190 valence electrons. The Hall–Kier alpha value is -5.29. The van der Waals surface area contributed by atoms with Crippen molar-refractivity contribution in [2.75, 3.05) is 0 Å². The largest absolute Gasteiger partial charge is 0.208 e. The summed E-state index contributed by atoms with van der Waals surface area (Å²) in [6.07, 6.45) is 0. The van der Waals surface area contributed by atoms with E-state index in [4.69, 9.17) is 4.98 Å². The van der Waals surface area contributed by atoms with Gasteiger partial charge in [0.05, 0.1) is 0 Å². The first-order valence-corrected chi connectivity index (χ1v) is 12.9. The van der Waals surface area contributed by atoms with Gasteiger partial charge in [-0.1, -0.05) is 97.1 Å². The minimum atomic E-state index is -0.691. The minimum Gasteiger partial charge on any atom is -0.208 e. The van der Waals surface area contributed by atoms with E-state index in [1.807, 2.05) is 78.9 Å². The summed E-state index contributed by atoms with van der Waals surface area (Å²) in [5.74, 6) is -0.338. The second-order valence-electron chi connectivity index (χ2n) is 9.63. The van der Waals surface area contributed by atoms with Gasteiger partial charge in [-0.2, -0.15) is 0 Å². The molecule has 1 heterocycles. The molecule has 0 N–H and O–H groups in total. The summed E-state index contributed by atoms with van der Waals surface area (Å²) in [6, 6.07) is 39.8. The second kappa shape index (κ2) is 9.79. The van der Waals surface area contributed by atoms with E-state index < -0.39 is 11.6 Å². The Morgan fingerprint density at radius 3 is 1.68 bits per heavy atom. The standard InChI is InChI=1S/C35H21F2N3/c36-29-19-28(20-30(37)21-29)35-39-33(26-14-13-22-7-4-5-10-24(22)17-26)38-34(40-35)27-15-16-32-25(18-27)11-6-12-31(32)23-8-2-1-3-9-23/h1-21H. The third-order valence-electron chi connectivity index (χ3n) is 6.99. The summed E-state index contributed by atoms with van der Waals surface area (Å²) in [5.41, 5.74) is 4.08. The number of hydrogen-bond donors (Lipinski definition) is 0. The van der Waals surface area contributed by atoms with Gasteiger partial charge in [-0.3, -0.25) is 0 Å². The van der Waals surface area contributed by atoms with Crippen LogP contribution in [0.2, 0.25) is 0 Å². The topological polar surface area (TPSA) is 38.7 Å². The lowest BCUT2D eigenvalue weighted by Gasteiger charge is -2.11. The van der Waals surface area contributed by atoms with Gasteiger partial charge in [-0.15, -0.1) is 0 Å². The molecule has 40 heavy (non-hydrogen) atoms. The van der Waals surface area contributed by atoms with Crippen molar-refractivity contribution < 1.29 is 8.78 Å². The number of aromatic nitrogens is 3. The highest BCUT2D eigenvalue weighted by atomic mass is 19.1. The van der Waals surface area contributed by atoms with E-state index in [-0.39, 0.29) is 11.4 Å². The summed E-state index contributed by atoms with van der Waals surface area (Å²) in [5, 5.41) is 4.27. The fraction of sp³-hybridized carbons (Fsp3) is 0. The molecular weight excluding hydrogens is 500 g/mol. The van der Waals surface area contributed by atoms with E-state index >= 15 is 0 Å². The number of benzene rings is 6. The van der Waals surface area contributed by atoms with Crippen LogP contribution in [0.5, 0.6) is 0 Å². The van der Waals surface area contributed by atoms with Gasteiger partial charge in [0.25, 0.3) is 0 Å². The monoisotopic (exact) mass is 521 g/mol. The molecule has 0 radical (unpaired) electrons. The highest BCUT2D eigenvalue weighted by molar-refractivity contribution is 5.98. The normalized spacial score (nSPS) is 11.2. The fourth-order valence-corrected chi connectivity index (χ4v) is 5.07. The third-order valence-corrected chi connectivity index (χ3v) is 6.99. The quantitative estimate of drug-likeness (QED) is 0.232. The molecular formula is C35H21F2N3. The lowest BCUT2D eigenvalue weighted by atomic mass is 9.97. The number of nitrogens with zero attached hydrogens (tertiary/aromatic N) is 3. The van der Waals surface area contributed by atoms with Crippen molar-refractivity contribution in [3.8, 4) is 45.3 Å². The molecule has 0 amide bonds. The average Bonchev–Trinajstić information content (AvgIpc) is 3.00. The first-order chi connectivity index (χ1) is 19.6. The SMILES string of the molecule is Fc1cc(F)cc(-c2nc(-c3ccc4ccccc4c3)nc(-c3ccc4c(-c5ccccc5)cccc4c3)n2)c1. The molecule has 0 aliphatic rings. The first-order valence-electron chi connectivity index (χ1n) is 12.9. The Morgan fingerprint density at radius 2 is 0.950 bits per heavy atom. The zero-order valence-corrected chi connectivity index (χ0v) is 21.2. The number of hydrogen-bond acceptors (Lipinski definition) is 3. The van der Waals surface area contributed by atoms with Gasteiger partial charge >= 0.3 is 0 Å². The molecule has 3 nitrogen and oxygen atoms in total. The van der Waals surface area contributed by atoms with Gasteiger partial charge in [0.1, 0.15) is 11.6 Å².